The molecule has 1 rings (SSSR count). The molecule has 0 saturated heterocycles. The number of carbonyl (C=O) groups is 2. The van der Waals surface area contributed by atoms with E-state index in [-0.39, 0.29) is 12.4 Å². The first kappa shape index (κ1) is 11.0. The van der Waals surface area contributed by atoms with Crippen LogP contribution >= 0.6 is 0 Å². The van der Waals surface area contributed by atoms with Crippen LogP contribution in [0.4, 0.5) is 0 Å². The Kier molecular flexibility index (Phi) is 3.45. The summed E-state index contributed by atoms with van der Waals surface area (Å²) in [5.74, 6) is -1.22. The second kappa shape index (κ2) is 4.40. The van der Waals surface area contributed by atoms with E-state index in [4.69, 9.17) is 13.9 Å². The fraction of sp³-hybridized carbons (Fsp3) is 0.400. The van der Waals surface area contributed by atoms with Crippen molar-refractivity contribution in [3.8, 4) is 0 Å². The van der Waals surface area contributed by atoms with Gasteiger partial charge in [0.05, 0.1) is 0 Å². The quantitative estimate of drug-likeness (QED) is 0.396. The van der Waals surface area contributed by atoms with Crippen LogP contribution in [0.3, 0.4) is 0 Å². The van der Waals surface area contributed by atoms with Gasteiger partial charge in [-0.15, -0.1) is 0 Å². The first-order valence-corrected chi connectivity index (χ1v) is 5.96. The predicted octanol–water partition coefficient (Wildman–Crippen LogP) is -3.30. The van der Waals surface area contributed by atoms with Crippen LogP contribution in [0.25, 0.3) is 0 Å². The molecule has 5 N–H and O–H groups in total. The first-order valence-electron chi connectivity index (χ1n) is 3.52. The monoisotopic (exact) mass is 265 g/mol. The van der Waals surface area contributed by atoms with Crippen molar-refractivity contribution in [3.05, 3.63) is 0 Å². The van der Waals surface area contributed by atoms with Crippen LogP contribution in [0, 0.1) is 0 Å². The third-order valence-electron chi connectivity index (χ3n) is 1.37. The van der Waals surface area contributed by atoms with E-state index in [1.807, 2.05) is 0 Å². The summed E-state index contributed by atoms with van der Waals surface area (Å²) in [6, 6.07) is -1.21. The van der Waals surface area contributed by atoms with E-state index in [9.17, 15) is 9.59 Å². The zero-order valence-electron chi connectivity index (χ0n) is 6.88. The van der Waals surface area contributed by atoms with E-state index < -0.39 is 33.5 Å². The molecule has 8 nitrogen and oxygen atoms in total. The van der Waals surface area contributed by atoms with Crippen LogP contribution in [-0.4, -0.2) is 47.7 Å². The zero-order valence-corrected chi connectivity index (χ0v) is 8.75. The van der Waals surface area contributed by atoms with Gasteiger partial charge < -0.3 is 0 Å². The summed E-state index contributed by atoms with van der Waals surface area (Å²) in [6.45, 7) is 0. The number of primary amides is 1. The van der Waals surface area contributed by atoms with Crippen LogP contribution < -0.4 is 11.1 Å². The molecule has 0 aromatic heterocycles. The summed E-state index contributed by atoms with van der Waals surface area (Å²) in [7, 11) is 0. The maximum atomic E-state index is 11.0. The molecule has 14 heavy (non-hydrogen) atoms. The Balaban J connectivity index is 2.57. The van der Waals surface area contributed by atoms with E-state index in [1.165, 1.54) is 0 Å². The Bertz CT molecular complexity index is 291. The average Bonchev–Trinajstić information content (AvgIpc) is 2.28. The molecule has 0 saturated carbocycles. The molecule has 0 radical (unpaired) electrons. The number of amidine groups is 1. The number of aliphatic imine (C=N–C) groups is 1. The van der Waals surface area contributed by atoms with Crippen molar-refractivity contribution in [2.75, 3.05) is 0 Å². The van der Waals surface area contributed by atoms with Crippen molar-refractivity contribution in [1.29, 1.82) is 0 Å². The van der Waals surface area contributed by atoms with Gasteiger partial charge in [-0.1, -0.05) is 0 Å². The minimum atomic E-state index is -3.34. The van der Waals surface area contributed by atoms with Crippen LogP contribution in [0.1, 0.15) is 6.42 Å². The van der Waals surface area contributed by atoms with Gasteiger partial charge in [0.2, 0.25) is 0 Å². The summed E-state index contributed by atoms with van der Waals surface area (Å²) in [5.41, 5.74) is 4.86. The molecule has 9 heteroatoms. The third-order valence-corrected chi connectivity index (χ3v) is 2.07. The van der Waals surface area contributed by atoms with Gasteiger partial charge in [0.1, 0.15) is 0 Å². The molecule has 0 aromatic rings. The minimum absolute atomic E-state index is 0.234. The first-order chi connectivity index (χ1) is 6.49. The summed E-state index contributed by atoms with van der Waals surface area (Å²) < 4.78 is 21.5. The molecular weight excluding hydrogens is 257 g/mol. The van der Waals surface area contributed by atoms with Gasteiger partial charge in [-0.2, -0.15) is 0 Å². The van der Waals surface area contributed by atoms with Crippen molar-refractivity contribution in [1.82, 2.24) is 5.32 Å². The molecule has 0 fully saturated rings. The average molecular weight is 265 g/mol. The fourth-order valence-corrected chi connectivity index (χ4v) is 1.39. The summed E-state index contributed by atoms with van der Waals surface area (Å²) in [4.78, 5) is 25.1. The molecule has 0 aliphatic carbocycles. The van der Waals surface area contributed by atoms with Crippen molar-refractivity contribution < 1.29 is 21.5 Å². The van der Waals surface area contributed by atoms with Gasteiger partial charge >= 0.3 is 83.5 Å². The standard InChI is InChI=1S/C5H8AsN3O5/c7-3(10)1-2-4(11)9-5(8-2)14-6(12)13/h2,12-13H,1H2,(H2,7,10)(H,8,9,11). The van der Waals surface area contributed by atoms with Gasteiger partial charge in [0.25, 0.3) is 0 Å². The molecule has 2 amide bonds. The van der Waals surface area contributed by atoms with Crippen molar-refractivity contribution >= 4 is 33.5 Å². The number of nitrogens with two attached hydrogens (primary N) is 1. The van der Waals surface area contributed by atoms with Crippen LogP contribution in [0.5, 0.6) is 0 Å². The number of hydrogen-bond donors (Lipinski definition) is 4. The molecule has 1 heterocycles. The third kappa shape index (κ3) is 2.98. The second-order valence-electron chi connectivity index (χ2n) is 2.45. The number of carbonyl (C=O) groups excluding carboxylic acids is 2. The van der Waals surface area contributed by atoms with Crippen molar-refractivity contribution in [3.63, 3.8) is 0 Å². The zero-order chi connectivity index (χ0) is 10.7. The van der Waals surface area contributed by atoms with Gasteiger partial charge in [-0.3, -0.25) is 0 Å². The fourth-order valence-electron chi connectivity index (χ4n) is 0.874. The Morgan fingerprint density at radius 3 is 2.86 bits per heavy atom. The summed E-state index contributed by atoms with van der Waals surface area (Å²) in [5, 5.41) is 2.14. The van der Waals surface area contributed by atoms with Crippen molar-refractivity contribution in [2.45, 2.75) is 12.5 Å². The SMILES string of the molecule is NC(=O)CC1N=C(O[As](O)O)NC1=O. The van der Waals surface area contributed by atoms with Crippen LogP contribution in [-0.2, 0) is 13.3 Å². The molecule has 1 aliphatic heterocycles. The number of nitrogens with zero attached hydrogens (tertiary/aromatic N) is 1. The van der Waals surface area contributed by atoms with Gasteiger partial charge in [0, 0.05) is 0 Å². The van der Waals surface area contributed by atoms with E-state index in [2.05, 4.69) is 14.0 Å². The number of hydrogen-bond acceptors (Lipinski definition) is 6. The Hall–Kier alpha value is -1.11. The van der Waals surface area contributed by atoms with E-state index >= 15 is 0 Å². The summed E-state index contributed by atoms with van der Waals surface area (Å²) in [6.07, 6.45) is -0.234. The molecule has 0 aromatic carbocycles. The van der Waals surface area contributed by atoms with E-state index in [1.54, 1.807) is 0 Å². The molecule has 0 spiro atoms. The molecule has 1 atom stereocenters. The molecule has 78 valence electrons. The summed E-state index contributed by atoms with van der Waals surface area (Å²) >= 11 is -3.34. The molecular formula is C5H8AsN3O5. The molecule has 1 aliphatic rings. The van der Waals surface area contributed by atoms with E-state index in [0.29, 0.717) is 0 Å². The molecule has 0 bridgehead atoms. The maximum absolute atomic E-state index is 11.0. The van der Waals surface area contributed by atoms with E-state index in [0.717, 1.165) is 0 Å². The normalized spacial score (nSPS) is 20.6. The predicted molar refractivity (Wildman–Crippen MR) is 44.5 cm³/mol. The number of amides is 2. The van der Waals surface area contributed by atoms with Gasteiger partial charge in [-0.25, -0.2) is 0 Å². The Morgan fingerprint density at radius 1 is 1.71 bits per heavy atom. The van der Waals surface area contributed by atoms with Crippen LogP contribution in [0.2, 0.25) is 0 Å². The van der Waals surface area contributed by atoms with Gasteiger partial charge in [0.15, 0.2) is 0 Å². The van der Waals surface area contributed by atoms with Gasteiger partial charge in [-0.05, 0) is 0 Å². The number of nitrogens with one attached hydrogen (secondary N) is 1. The Labute approximate surface area is 84.1 Å². The number of rotatable bonds is 3. The molecule has 1 unspecified atom stereocenters. The Morgan fingerprint density at radius 2 is 2.36 bits per heavy atom. The second-order valence-corrected chi connectivity index (χ2v) is 3.90. The topological polar surface area (TPSA) is 134 Å². The van der Waals surface area contributed by atoms with Crippen LogP contribution in [0.15, 0.2) is 4.99 Å². The van der Waals surface area contributed by atoms with Crippen molar-refractivity contribution in [2.24, 2.45) is 10.7 Å².